The Bertz CT molecular complexity index is 427. The van der Waals surface area contributed by atoms with Crippen molar-refractivity contribution in [1.29, 1.82) is 0 Å². The van der Waals surface area contributed by atoms with Gasteiger partial charge in [-0.2, -0.15) is 0 Å². The fraction of sp³-hybridized carbons (Fsp3) is 0.545. The summed E-state index contributed by atoms with van der Waals surface area (Å²) in [6, 6.07) is 1.43. The molecule has 6 heteroatoms. The van der Waals surface area contributed by atoms with Crippen LogP contribution in [0, 0.1) is 0 Å². The van der Waals surface area contributed by atoms with Crippen LogP contribution in [0.25, 0.3) is 0 Å². The fourth-order valence-corrected chi connectivity index (χ4v) is 1.93. The molecule has 0 aliphatic carbocycles. The Hall–Kier alpha value is -1.69. The highest BCUT2D eigenvalue weighted by molar-refractivity contribution is 5.86. The summed E-state index contributed by atoms with van der Waals surface area (Å²) in [5, 5.41) is 8.86. The lowest BCUT2D eigenvalue weighted by atomic mass is 10.2. The summed E-state index contributed by atoms with van der Waals surface area (Å²) in [6.07, 6.45) is 0.0155. The smallest absolute Gasteiger partial charge is 0.372 e. The Morgan fingerprint density at radius 2 is 2.35 bits per heavy atom. The van der Waals surface area contributed by atoms with Gasteiger partial charge in [-0.3, -0.25) is 0 Å². The van der Waals surface area contributed by atoms with Gasteiger partial charge >= 0.3 is 5.97 Å². The molecule has 6 nitrogen and oxygen atoms in total. The number of anilines is 1. The summed E-state index contributed by atoms with van der Waals surface area (Å²) in [5.74, 6) is -0.187. The van der Waals surface area contributed by atoms with E-state index in [1.54, 1.807) is 0 Å². The van der Waals surface area contributed by atoms with Crippen LogP contribution in [0.1, 0.15) is 10.6 Å². The molecule has 0 spiro atoms. The molecule has 17 heavy (non-hydrogen) atoms. The minimum absolute atomic E-state index is 0.0155. The first-order valence-electron chi connectivity index (χ1n) is 5.37. The van der Waals surface area contributed by atoms with Crippen LogP contribution in [-0.2, 0) is 0 Å². The molecule has 0 fully saturated rings. The zero-order valence-corrected chi connectivity index (χ0v) is 10.1. The van der Waals surface area contributed by atoms with Crippen LogP contribution in [0.4, 0.5) is 5.88 Å². The molecule has 1 unspecified atom stereocenters. The number of aromatic carboxylic acids is 1. The van der Waals surface area contributed by atoms with Gasteiger partial charge in [0, 0.05) is 19.7 Å². The second-order valence-electron chi connectivity index (χ2n) is 4.47. The normalized spacial score (nSPS) is 19.1. The van der Waals surface area contributed by atoms with Crippen molar-refractivity contribution in [3.05, 3.63) is 11.8 Å². The van der Waals surface area contributed by atoms with E-state index in [9.17, 15) is 4.79 Å². The summed E-state index contributed by atoms with van der Waals surface area (Å²) in [4.78, 5) is 14.7. The predicted molar refractivity (Wildman–Crippen MR) is 61.9 cm³/mol. The number of carboxylic acids is 1. The highest BCUT2D eigenvalue weighted by Gasteiger charge is 2.29. The zero-order valence-electron chi connectivity index (χ0n) is 10.1. The molecular weight excluding hydrogens is 224 g/mol. The van der Waals surface area contributed by atoms with Gasteiger partial charge in [0.15, 0.2) is 5.75 Å². The lowest BCUT2D eigenvalue weighted by molar-refractivity contribution is 0.0663. The van der Waals surface area contributed by atoms with Crippen LogP contribution in [0.2, 0.25) is 0 Å². The number of ether oxygens (including phenoxy) is 1. The average molecular weight is 240 g/mol. The van der Waals surface area contributed by atoms with E-state index in [4.69, 9.17) is 14.3 Å². The molecule has 1 aliphatic heterocycles. The molecule has 1 N–H and O–H groups in total. The Labute approximate surface area is 99.4 Å². The molecule has 0 bridgehead atoms. The number of furan rings is 1. The maximum atomic E-state index is 10.8. The Morgan fingerprint density at radius 1 is 1.65 bits per heavy atom. The van der Waals surface area contributed by atoms with Crippen LogP contribution in [0.3, 0.4) is 0 Å². The topological polar surface area (TPSA) is 66.2 Å². The first-order valence-corrected chi connectivity index (χ1v) is 5.37. The van der Waals surface area contributed by atoms with E-state index in [0.717, 1.165) is 6.54 Å². The molecule has 1 aromatic heterocycles. The predicted octanol–water partition coefficient (Wildman–Crippen LogP) is 0.737. The maximum Gasteiger partial charge on any atom is 0.372 e. The molecule has 2 heterocycles. The lowest BCUT2D eigenvalue weighted by Gasteiger charge is -2.31. The van der Waals surface area contributed by atoms with Crippen molar-refractivity contribution in [3.8, 4) is 5.75 Å². The van der Waals surface area contributed by atoms with Crippen molar-refractivity contribution >= 4 is 11.9 Å². The zero-order chi connectivity index (χ0) is 12.6. The second kappa shape index (κ2) is 4.29. The number of nitrogens with zero attached hydrogens (tertiary/aromatic N) is 2. The van der Waals surface area contributed by atoms with Crippen molar-refractivity contribution in [2.75, 3.05) is 39.1 Å². The molecule has 0 amide bonds. The Balaban J connectivity index is 2.21. The Kier molecular flexibility index (Phi) is 2.97. The van der Waals surface area contributed by atoms with Gasteiger partial charge < -0.3 is 24.1 Å². The molecule has 0 radical (unpaired) electrons. The Morgan fingerprint density at radius 3 is 2.94 bits per heavy atom. The highest BCUT2D eigenvalue weighted by atomic mass is 16.5. The number of hydrogen-bond donors (Lipinski definition) is 1. The van der Waals surface area contributed by atoms with Crippen LogP contribution in [0.5, 0.6) is 5.75 Å². The van der Waals surface area contributed by atoms with Gasteiger partial charge in [-0.15, -0.1) is 0 Å². The molecule has 0 aromatic carbocycles. The van der Waals surface area contributed by atoms with E-state index in [-0.39, 0.29) is 11.9 Å². The van der Waals surface area contributed by atoms with Gasteiger partial charge in [0.2, 0.25) is 11.6 Å². The van der Waals surface area contributed by atoms with Gasteiger partial charge in [0.1, 0.15) is 6.10 Å². The largest absolute Gasteiger partial charge is 0.481 e. The fourth-order valence-electron chi connectivity index (χ4n) is 1.93. The third-order valence-corrected chi connectivity index (χ3v) is 2.58. The summed E-state index contributed by atoms with van der Waals surface area (Å²) >= 11 is 0. The van der Waals surface area contributed by atoms with Gasteiger partial charge in [0.25, 0.3) is 0 Å². The van der Waals surface area contributed by atoms with E-state index < -0.39 is 5.97 Å². The quantitative estimate of drug-likeness (QED) is 0.840. The standard InChI is InChI=1S/C11H16N2O4/c1-12(2)5-7-6-13(3)10-8(16-7)4-9(17-10)11(14)15/h4,7H,5-6H2,1-3H3,(H,14,15). The molecular formula is C11H16N2O4. The molecule has 94 valence electrons. The number of hydrogen-bond acceptors (Lipinski definition) is 5. The summed E-state index contributed by atoms with van der Waals surface area (Å²) < 4.78 is 10.9. The van der Waals surface area contributed by atoms with Gasteiger partial charge in [0.05, 0.1) is 6.54 Å². The monoisotopic (exact) mass is 240 g/mol. The number of likely N-dealkylation sites (N-methyl/N-ethyl adjacent to an activating group) is 2. The van der Waals surface area contributed by atoms with E-state index in [0.29, 0.717) is 18.2 Å². The molecule has 0 saturated carbocycles. The van der Waals surface area contributed by atoms with E-state index in [2.05, 4.69) is 0 Å². The van der Waals surface area contributed by atoms with E-state index in [1.165, 1.54) is 6.07 Å². The lowest BCUT2D eigenvalue weighted by Crippen LogP contribution is -2.42. The van der Waals surface area contributed by atoms with Crippen LogP contribution >= 0.6 is 0 Å². The number of rotatable bonds is 3. The van der Waals surface area contributed by atoms with Crippen molar-refractivity contribution in [2.45, 2.75) is 6.10 Å². The number of carbonyl (C=O) groups is 1. The van der Waals surface area contributed by atoms with E-state index in [1.807, 2.05) is 30.9 Å². The minimum Gasteiger partial charge on any atom is -0.481 e. The highest BCUT2D eigenvalue weighted by Crippen LogP contribution is 2.35. The van der Waals surface area contributed by atoms with Crippen LogP contribution in [0.15, 0.2) is 10.5 Å². The van der Waals surface area contributed by atoms with Crippen molar-refractivity contribution < 1.29 is 19.1 Å². The number of fused-ring (bicyclic) bond motifs is 1. The van der Waals surface area contributed by atoms with E-state index >= 15 is 0 Å². The number of carboxylic acid groups (broad SMARTS) is 1. The molecule has 0 saturated heterocycles. The van der Waals surface area contributed by atoms with Gasteiger partial charge in [-0.05, 0) is 14.1 Å². The van der Waals surface area contributed by atoms with Gasteiger partial charge in [-0.1, -0.05) is 0 Å². The molecule has 1 atom stereocenters. The average Bonchev–Trinajstić information content (AvgIpc) is 2.60. The van der Waals surface area contributed by atoms with Crippen LogP contribution in [-0.4, -0.2) is 56.3 Å². The van der Waals surface area contributed by atoms with Gasteiger partial charge in [-0.25, -0.2) is 4.79 Å². The SMILES string of the molecule is CN(C)CC1CN(C)c2oc(C(=O)O)cc2O1. The van der Waals surface area contributed by atoms with Crippen molar-refractivity contribution in [2.24, 2.45) is 0 Å². The minimum atomic E-state index is -1.08. The summed E-state index contributed by atoms with van der Waals surface area (Å²) in [7, 11) is 5.80. The van der Waals surface area contributed by atoms with Crippen molar-refractivity contribution in [1.82, 2.24) is 4.90 Å². The molecule has 1 aromatic rings. The van der Waals surface area contributed by atoms with Crippen LogP contribution < -0.4 is 9.64 Å². The maximum absolute atomic E-state index is 10.8. The van der Waals surface area contributed by atoms with Crippen molar-refractivity contribution in [3.63, 3.8) is 0 Å². The molecule has 1 aliphatic rings. The first kappa shape index (κ1) is 11.8. The summed E-state index contributed by atoms with van der Waals surface area (Å²) in [5.41, 5.74) is 0. The third kappa shape index (κ3) is 2.36. The molecule has 2 rings (SSSR count). The second-order valence-corrected chi connectivity index (χ2v) is 4.47. The first-order chi connectivity index (χ1) is 7.97. The summed E-state index contributed by atoms with van der Waals surface area (Å²) in [6.45, 7) is 1.45. The third-order valence-electron chi connectivity index (χ3n) is 2.58.